The minimum absolute atomic E-state index is 0.0897. The Hall–Kier alpha value is -1.99. The van der Waals surface area contributed by atoms with Crippen LogP contribution in [0, 0.1) is 6.92 Å². The van der Waals surface area contributed by atoms with Gasteiger partial charge in [-0.3, -0.25) is 14.4 Å². The molecule has 2 heterocycles. The number of nitrogens with zero attached hydrogens (tertiary/aromatic N) is 4. The number of rotatable bonds is 5. The lowest BCUT2D eigenvalue weighted by atomic mass is 10.2. The van der Waals surface area contributed by atoms with Crippen molar-refractivity contribution in [3.05, 3.63) is 52.3 Å². The minimum atomic E-state index is -2.64. The molecule has 1 amide bonds. The first-order valence-corrected chi connectivity index (χ1v) is 9.32. The monoisotopic (exact) mass is 396 g/mol. The Bertz CT molecular complexity index is 786. The van der Waals surface area contributed by atoms with Gasteiger partial charge in [-0.05, 0) is 37.6 Å². The maximum absolute atomic E-state index is 12.8. The summed E-state index contributed by atoms with van der Waals surface area (Å²) in [6, 6.07) is 8.49. The van der Waals surface area contributed by atoms with Crippen molar-refractivity contribution >= 4 is 17.5 Å². The largest absolute Gasteiger partial charge is 0.338 e. The molecule has 0 radical (unpaired) electrons. The molecule has 0 spiro atoms. The van der Waals surface area contributed by atoms with Crippen molar-refractivity contribution in [1.82, 2.24) is 19.6 Å². The molecule has 27 heavy (non-hydrogen) atoms. The zero-order valence-electron chi connectivity index (χ0n) is 15.4. The van der Waals surface area contributed by atoms with Gasteiger partial charge in [-0.1, -0.05) is 23.7 Å². The molecule has 0 bridgehead atoms. The van der Waals surface area contributed by atoms with Crippen LogP contribution in [0.5, 0.6) is 0 Å². The van der Waals surface area contributed by atoms with Gasteiger partial charge < -0.3 is 4.90 Å². The number of halogens is 3. The number of benzene rings is 1. The molecule has 1 fully saturated rings. The van der Waals surface area contributed by atoms with E-state index in [0.717, 1.165) is 19.6 Å². The summed E-state index contributed by atoms with van der Waals surface area (Å²) in [5.41, 5.74) is 1.45. The van der Waals surface area contributed by atoms with Gasteiger partial charge in [0.1, 0.15) is 11.7 Å². The number of carbonyl (C=O) groups excluding carboxylic acids is 1. The van der Waals surface area contributed by atoms with Gasteiger partial charge in [0.15, 0.2) is 0 Å². The highest BCUT2D eigenvalue weighted by molar-refractivity contribution is 6.30. The fourth-order valence-electron chi connectivity index (χ4n) is 3.35. The molecule has 5 nitrogen and oxygen atoms in total. The molecule has 1 aromatic carbocycles. The Morgan fingerprint density at radius 1 is 1.19 bits per heavy atom. The Morgan fingerprint density at radius 3 is 2.37 bits per heavy atom. The van der Waals surface area contributed by atoms with Crippen LogP contribution in [0.25, 0.3) is 0 Å². The van der Waals surface area contributed by atoms with Crippen molar-refractivity contribution in [3.8, 4) is 0 Å². The van der Waals surface area contributed by atoms with Crippen LogP contribution in [0.15, 0.2) is 30.3 Å². The predicted molar refractivity (Wildman–Crippen MR) is 99.9 cm³/mol. The molecule has 2 aromatic rings. The smallest absolute Gasteiger partial charge is 0.282 e. The molecule has 1 saturated heterocycles. The third-order valence-corrected chi connectivity index (χ3v) is 5.14. The minimum Gasteiger partial charge on any atom is -0.338 e. The highest BCUT2D eigenvalue weighted by Crippen LogP contribution is 2.22. The van der Waals surface area contributed by atoms with E-state index in [2.05, 4.69) is 10.00 Å². The summed E-state index contributed by atoms with van der Waals surface area (Å²) in [6.45, 7) is 6.95. The van der Waals surface area contributed by atoms with Gasteiger partial charge in [-0.15, -0.1) is 0 Å². The molecule has 0 N–H and O–H groups in total. The molecule has 1 aliphatic heterocycles. The number of carbonyl (C=O) groups is 1. The molecule has 0 saturated carbocycles. The first-order chi connectivity index (χ1) is 12.8. The summed E-state index contributed by atoms with van der Waals surface area (Å²) in [6.07, 6.45) is -2.64. The lowest BCUT2D eigenvalue weighted by Gasteiger charge is -2.36. The second kappa shape index (κ2) is 8.35. The van der Waals surface area contributed by atoms with Crippen molar-refractivity contribution < 1.29 is 13.6 Å². The van der Waals surface area contributed by atoms with E-state index in [1.807, 2.05) is 24.3 Å². The quantitative estimate of drug-likeness (QED) is 0.774. The highest BCUT2D eigenvalue weighted by atomic mass is 35.5. The van der Waals surface area contributed by atoms with E-state index >= 15 is 0 Å². The van der Waals surface area contributed by atoms with Crippen molar-refractivity contribution in [2.75, 3.05) is 26.2 Å². The van der Waals surface area contributed by atoms with Crippen molar-refractivity contribution in [1.29, 1.82) is 0 Å². The Balaban J connectivity index is 1.57. The highest BCUT2D eigenvalue weighted by Gasteiger charge is 2.28. The van der Waals surface area contributed by atoms with E-state index in [1.165, 1.54) is 16.3 Å². The van der Waals surface area contributed by atoms with Crippen molar-refractivity contribution in [2.24, 2.45) is 0 Å². The summed E-state index contributed by atoms with van der Waals surface area (Å²) >= 11 is 5.91. The van der Waals surface area contributed by atoms with Gasteiger partial charge in [0, 0.05) is 43.4 Å². The maximum atomic E-state index is 12.8. The van der Waals surface area contributed by atoms with Crippen LogP contribution in [0.2, 0.25) is 5.02 Å². The van der Waals surface area contributed by atoms with Crippen LogP contribution in [0.4, 0.5) is 8.78 Å². The number of aromatic nitrogens is 2. The first-order valence-electron chi connectivity index (χ1n) is 8.95. The van der Waals surface area contributed by atoms with Crippen LogP contribution in [0.3, 0.4) is 0 Å². The lowest BCUT2D eigenvalue weighted by Crippen LogP contribution is -2.50. The number of piperazine rings is 1. The molecule has 1 aliphatic rings. The third kappa shape index (κ3) is 4.65. The maximum Gasteiger partial charge on any atom is 0.282 e. The summed E-state index contributed by atoms with van der Waals surface area (Å²) in [4.78, 5) is 16.8. The zero-order valence-corrected chi connectivity index (χ0v) is 16.2. The van der Waals surface area contributed by atoms with Gasteiger partial charge in [0.05, 0.1) is 0 Å². The van der Waals surface area contributed by atoms with Crippen LogP contribution in [-0.4, -0.2) is 51.7 Å². The lowest BCUT2D eigenvalue weighted by molar-refractivity contribution is -0.136. The average Bonchev–Trinajstić information content (AvgIpc) is 3.05. The van der Waals surface area contributed by atoms with E-state index in [9.17, 15) is 13.6 Å². The van der Waals surface area contributed by atoms with E-state index in [4.69, 9.17) is 11.6 Å². The topological polar surface area (TPSA) is 41.4 Å². The fraction of sp³-hybridized carbons (Fsp3) is 0.474. The molecular weight excluding hydrogens is 374 g/mol. The fourth-order valence-corrected chi connectivity index (χ4v) is 3.48. The Labute approximate surface area is 162 Å². The van der Waals surface area contributed by atoms with E-state index in [-0.39, 0.29) is 11.6 Å². The Morgan fingerprint density at radius 2 is 1.81 bits per heavy atom. The van der Waals surface area contributed by atoms with Crippen molar-refractivity contribution in [2.45, 2.75) is 32.9 Å². The summed E-state index contributed by atoms with van der Waals surface area (Å²) in [7, 11) is 0. The van der Waals surface area contributed by atoms with Crippen molar-refractivity contribution in [3.63, 3.8) is 0 Å². The third-order valence-electron chi connectivity index (χ3n) is 4.89. The SMILES string of the molecule is Cc1cc(C(F)F)nn1C(C)C(=O)N1CCN(Cc2ccc(Cl)cc2)CC1. The second-order valence-corrected chi connectivity index (χ2v) is 7.30. The molecular formula is C19H23ClF2N4O. The van der Waals surface area contributed by atoms with E-state index in [1.54, 1.807) is 18.7 Å². The summed E-state index contributed by atoms with van der Waals surface area (Å²) < 4.78 is 27.1. The predicted octanol–water partition coefficient (Wildman–Crippen LogP) is 3.69. The van der Waals surface area contributed by atoms with Crippen LogP contribution >= 0.6 is 11.6 Å². The molecule has 0 aliphatic carbocycles. The van der Waals surface area contributed by atoms with Gasteiger partial charge in [0.2, 0.25) is 5.91 Å². The van der Waals surface area contributed by atoms with E-state index in [0.29, 0.717) is 23.8 Å². The van der Waals surface area contributed by atoms with Gasteiger partial charge in [0.25, 0.3) is 6.43 Å². The van der Waals surface area contributed by atoms with Crippen LogP contribution in [-0.2, 0) is 11.3 Å². The van der Waals surface area contributed by atoms with Gasteiger partial charge in [-0.25, -0.2) is 8.78 Å². The average molecular weight is 397 g/mol. The summed E-state index contributed by atoms with van der Waals surface area (Å²) in [5.74, 6) is -0.0897. The molecule has 1 atom stereocenters. The number of hydrogen-bond acceptors (Lipinski definition) is 3. The normalized spacial score (nSPS) is 16.7. The van der Waals surface area contributed by atoms with Gasteiger partial charge >= 0.3 is 0 Å². The number of hydrogen-bond donors (Lipinski definition) is 0. The van der Waals surface area contributed by atoms with Crippen LogP contribution in [0.1, 0.15) is 36.3 Å². The summed E-state index contributed by atoms with van der Waals surface area (Å²) in [5, 5.41) is 4.62. The first kappa shape index (κ1) is 19.8. The molecule has 3 rings (SSSR count). The van der Waals surface area contributed by atoms with Crippen LogP contribution < -0.4 is 0 Å². The molecule has 146 valence electrons. The number of aryl methyl sites for hydroxylation is 1. The number of amides is 1. The van der Waals surface area contributed by atoms with E-state index < -0.39 is 12.5 Å². The molecule has 1 unspecified atom stereocenters. The standard InChI is InChI=1S/C19H23ClF2N4O/c1-13-11-17(18(21)22)23-26(13)14(2)19(27)25-9-7-24(8-10-25)12-15-3-5-16(20)6-4-15/h3-6,11,14,18H,7-10,12H2,1-2H3. The van der Waals surface area contributed by atoms with Gasteiger partial charge in [-0.2, -0.15) is 5.10 Å². The zero-order chi connectivity index (χ0) is 19.6. The Kier molecular flexibility index (Phi) is 6.11. The number of alkyl halides is 2. The molecule has 1 aromatic heterocycles. The molecule has 8 heteroatoms. The second-order valence-electron chi connectivity index (χ2n) is 6.86.